The first-order chi connectivity index (χ1) is 14.6. The summed E-state index contributed by atoms with van der Waals surface area (Å²) in [4.78, 5) is 27.8. The number of carbonyl (C=O) groups is 2. The Kier molecular flexibility index (Phi) is 6.47. The third-order valence-electron chi connectivity index (χ3n) is 5.44. The Balaban J connectivity index is 1.94. The molecule has 1 aliphatic rings. The van der Waals surface area contributed by atoms with Crippen molar-refractivity contribution in [1.29, 1.82) is 0 Å². The van der Waals surface area contributed by atoms with E-state index in [0.717, 1.165) is 9.87 Å². The van der Waals surface area contributed by atoms with Crippen LogP contribution >= 0.6 is 0 Å². The molecule has 1 fully saturated rings. The molecule has 9 heteroatoms. The van der Waals surface area contributed by atoms with E-state index < -0.39 is 27.4 Å². The van der Waals surface area contributed by atoms with Gasteiger partial charge in [0.1, 0.15) is 11.4 Å². The van der Waals surface area contributed by atoms with Crippen LogP contribution in [0.25, 0.3) is 0 Å². The second-order valence-corrected chi connectivity index (χ2v) is 10.1. The molecule has 2 aromatic carbocycles. The van der Waals surface area contributed by atoms with E-state index in [1.807, 2.05) is 19.1 Å². The van der Waals surface area contributed by atoms with Crippen LogP contribution in [0.5, 0.6) is 0 Å². The number of halogens is 1. The monoisotopic (exact) mass is 447 g/mol. The normalized spacial score (nSPS) is 20.0. The van der Waals surface area contributed by atoms with Crippen LogP contribution in [0.1, 0.15) is 25.0 Å². The number of hydrogen-bond donors (Lipinski definition) is 1. The van der Waals surface area contributed by atoms with Gasteiger partial charge in [0.05, 0.1) is 12.3 Å². The molecule has 7 nitrogen and oxygen atoms in total. The predicted molar refractivity (Wildman–Crippen MR) is 116 cm³/mol. The Hall–Kier alpha value is -2.78. The molecular formula is C22H26FN3O4S. The van der Waals surface area contributed by atoms with E-state index in [0.29, 0.717) is 11.3 Å². The van der Waals surface area contributed by atoms with Gasteiger partial charge in [-0.1, -0.05) is 29.8 Å². The summed E-state index contributed by atoms with van der Waals surface area (Å²) in [7, 11) is -3.68. The maximum absolute atomic E-state index is 13.3. The topological polar surface area (TPSA) is 86.8 Å². The smallest absolute Gasteiger partial charge is 0.247 e. The lowest BCUT2D eigenvalue weighted by Gasteiger charge is -2.46. The number of hydrogen-bond acceptors (Lipinski definition) is 4. The highest BCUT2D eigenvalue weighted by atomic mass is 32.2. The Labute approximate surface area is 181 Å². The van der Waals surface area contributed by atoms with Crippen molar-refractivity contribution in [2.75, 3.05) is 23.7 Å². The van der Waals surface area contributed by atoms with Crippen LogP contribution in [0.15, 0.2) is 48.5 Å². The lowest BCUT2D eigenvalue weighted by Crippen LogP contribution is -2.70. The van der Waals surface area contributed by atoms with Gasteiger partial charge in [-0.25, -0.2) is 12.8 Å². The Morgan fingerprint density at radius 1 is 1.13 bits per heavy atom. The van der Waals surface area contributed by atoms with Crippen molar-refractivity contribution in [3.63, 3.8) is 0 Å². The molecular weight excluding hydrogens is 421 g/mol. The van der Waals surface area contributed by atoms with Crippen LogP contribution in [0.4, 0.5) is 10.1 Å². The Morgan fingerprint density at radius 2 is 1.74 bits per heavy atom. The summed E-state index contributed by atoms with van der Waals surface area (Å²) in [5.74, 6) is -1.53. The number of carbonyl (C=O) groups excluding carboxylic acids is 2. The van der Waals surface area contributed by atoms with Crippen LogP contribution in [-0.2, 0) is 26.2 Å². The summed E-state index contributed by atoms with van der Waals surface area (Å²) in [6, 6.07) is 12.8. The van der Waals surface area contributed by atoms with Gasteiger partial charge in [-0.05, 0) is 50.6 Å². The minimum atomic E-state index is -3.68. The molecule has 1 saturated heterocycles. The average molecular weight is 448 g/mol. The van der Waals surface area contributed by atoms with Crippen molar-refractivity contribution >= 4 is 27.5 Å². The first kappa shape index (κ1) is 22.9. The highest BCUT2D eigenvalue weighted by Gasteiger charge is 2.50. The number of benzene rings is 2. The van der Waals surface area contributed by atoms with Gasteiger partial charge in [0.2, 0.25) is 21.8 Å². The molecule has 0 bridgehead atoms. The first-order valence-corrected chi connectivity index (χ1v) is 11.6. The van der Waals surface area contributed by atoms with Crippen LogP contribution < -0.4 is 10.2 Å². The van der Waals surface area contributed by atoms with Crippen molar-refractivity contribution < 1.29 is 22.4 Å². The lowest BCUT2D eigenvalue weighted by molar-refractivity contribution is -0.133. The largest absolute Gasteiger partial charge is 0.350 e. The summed E-state index contributed by atoms with van der Waals surface area (Å²) in [5.41, 5.74) is 0.724. The number of nitrogens with zero attached hydrogens (tertiary/aromatic N) is 2. The molecule has 31 heavy (non-hydrogen) atoms. The second-order valence-electron chi connectivity index (χ2n) is 7.82. The first-order valence-electron chi connectivity index (χ1n) is 9.97. The molecule has 1 heterocycles. The zero-order valence-corrected chi connectivity index (χ0v) is 18.6. The van der Waals surface area contributed by atoms with Gasteiger partial charge in [-0.2, -0.15) is 4.31 Å². The fourth-order valence-corrected chi connectivity index (χ4v) is 4.74. The molecule has 2 aromatic rings. The fourth-order valence-electron chi connectivity index (χ4n) is 3.62. The fraction of sp³-hybridized carbons (Fsp3) is 0.364. The van der Waals surface area contributed by atoms with Crippen molar-refractivity contribution in [3.8, 4) is 0 Å². The van der Waals surface area contributed by atoms with Gasteiger partial charge >= 0.3 is 0 Å². The summed E-state index contributed by atoms with van der Waals surface area (Å²) in [6.45, 7) is 4.58. The van der Waals surface area contributed by atoms with E-state index in [1.165, 1.54) is 24.0 Å². The molecule has 0 aromatic heterocycles. The van der Waals surface area contributed by atoms with Crippen LogP contribution in [0.2, 0.25) is 0 Å². The third kappa shape index (κ3) is 4.77. The number of piperazine rings is 1. The third-order valence-corrected chi connectivity index (χ3v) is 7.22. The van der Waals surface area contributed by atoms with Gasteiger partial charge in [0, 0.05) is 18.8 Å². The van der Waals surface area contributed by atoms with E-state index in [4.69, 9.17) is 0 Å². The van der Waals surface area contributed by atoms with E-state index >= 15 is 0 Å². The molecule has 2 amide bonds. The number of nitrogens with one attached hydrogen (secondary N) is 1. The van der Waals surface area contributed by atoms with E-state index in [2.05, 4.69) is 5.32 Å². The second kappa shape index (κ2) is 8.76. The quantitative estimate of drug-likeness (QED) is 0.736. The molecule has 1 N–H and O–H groups in total. The Bertz CT molecular complexity index is 1070. The summed E-state index contributed by atoms with van der Waals surface area (Å²) < 4.78 is 39.2. The summed E-state index contributed by atoms with van der Waals surface area (Å²) in [5, 5.41) is 2.77. The minimum absolute atomic E-state index is 0.116. The van der Waals surface area contributed by atoms with Gasteiger partial charge in [0.25, 0.3) is 0 Å². The van der Waals surface area contributed by atoms with Crippen molar-refractivity contribution in [3.05, 3.63) is 65.5 Å². The standard InChI is InChI=1S/C22H26FN3O4S/c1-4-31(29,30)25-14-20(27)26(19-11-5-16(2)6-12-19)22(3,15-25)21(28)24-13-17-7-9-18(23)10-8-17/h5-12H,4,13-15H2,1-3H3,(H,24,28)/t22-/m1/s1. The van der Waals surface area contributed by atoms with Crippen LogP contribution in [-0.4, -0.2) is 48.9 Å². The zero-order chi connectivity index (χ0) is 22.8. The van der Waals surface area contributed by atoms with Crippen LogP contribution in [0.3, 0.4) is 0 Å². The molecule has 166 valence electrons. The SMILES string of the molecule is CCS(=O)(=O)N1CC(=O)N(c2ccc(C)cc2)[C@@](C)(C(=O)NCc2ccc(F)cc2)C1. The molecule has 3 rings (SSSR count). The highest BCUT2D eigenvalue weighted by Crippen LogP contribution is 2.31. The number of aryl methyl sites for hydroxylation is 1. The maximum atomic E-state index is 13.3. The molecule has 1 atom stereocenters. The minimum Gasteiger partial charge on any atom is -0.350 e. The molecule has 1 aliphatic heterocycles. The van der Waals surface area contributed by atoms with Crippen molar-refractivity contribution in [2.24, 2.45) is 0 Å². The number of amides is 2. The summed E-state index contributed by atoms with van der Waals surface area (Å²) >= 11 is 0. The average Bonchev–Trinajstić information content (AvgIpc) is 2.74. The summed E-state index contributed by atoms with van der Waals surface area (Å²) in [6.07, 6.45) is 0. The molecule has 0 radical (unpaired) electrons. The lowest BCUT2D eigenvalue weighted by atomic mass is 9.94. The number of sulfonamides is 1. The van der Waals surface area contributed by atoms with E-state index in [9.17, 15) is 22.4 Å². The van der Waals surface area contributed by atoms with Gasteiger partial charge in [-0.3, -0.25) is 14.5 Å². The van der Waals surface area contributed by atoms with Gasteiger partial charge in [-0.15, -0.1) is 0 Å². The van der Waals surface area contributed by atoms with Gasteiger partial charge < -0.3 is 5.32 Å². The van der Waals surface area contributed by atoms with Gasteiger partial charge in [0.15, 0.2) is 0 Å². The zero-order valence-electron chi connectivity index (χ0n) is 17.8. The van der Waals surface area contributed by atoms with E-state index in [1.54, 1.807) is 31.2 Å². The van der Waals surface area contributed by atoms with E-state index in [-0.39, 0.29) is 31.2 Å². The van der Waals surface area contributed by atoms with Crippen molar-refractivity contribution in [1.82, 2.24) is 9.62 Å². The number of rotatable bonds is 6. The molecule has 0 saturated carbocycles. The molecule has 0 unspecified atom stereocenters. The molecule has 0 spiro atoms. The number of anilines is 1. The molecule has 0 aliphatic carbocycles. The highest BCUT2D eigenvalue weighted by molar-refractivity contribution is 7.89. The Morgan fingerprint density at radius 3 is 2.32 bits per heavy atom. The van der Waals surface area contributed by atoms with Crippen LogP contribution in [0, 0.1) is 12.7 Å². The van der Waals surface area contributed by atoms with Crippen molar-refractivity contribution in [2.45, 2.75) is 32.9 Å². The maximum Gasteiger partial charge on any atom is 0.247 e. The predicted octanol–water partition coefficient (Wildman–Crippen LogP) is 2.21.